The SMILES string of the molecule is CCCN(S)CCS. The van der Waals surface area contributed by atoms with Crippen molar-refractivity contribution in [3.8, 4) is 0 Å². The molecule has 1 nitrogen and oxygen atoms in total. The average Bonchev–Trinajstić information content (AvgIpc) is 1.68. The molecule has 0 fully saturated rings. The fourth-order valence-electron chi connectivity index (χ4n) is 0.485. The summed E-state index contributed by atoms with van der Waals surface area (Å²) >= 11 is 8.24. The molecule has 0 aliphatic heterocycles. The molecule has 0 aromatic rings. The topological polar surface area (TPSA) is 3.24 Å². The van der Waals surface area contributed by atoms with Gasteiger partial charge in [0.05, 0.1) is 0 Å². The second kappa shape index (κ2) is 5.79. The third-order valence-electron chi connectivity index (χ3n) is 0.840. The first-order chi connectivity index (χ1) is 3.81. The van der Waals surface area contributed by atoms with Gasteiger partial charge in [-0.3, -0.25) is 4.31 Å². The van der Waals surface area contributed by atoms with Crippen molar-refractivity contribution in [3.05, 3.63) is 0 Å². The molecule has 0 spiro atoms. The zero-order chi connectivity index (χ0) is 6.41. The van der Waals surface area contributed by atoms with Crippen molar-refractivity contribution in [1.82, 2.24) is 4.31 Å². The molecule has 0 aromatic carbocycles. The molecule has 0 aliphatic rings. The summed E-state index contributed by atoms with van der Waals surface area (Å²) in [6, 6.07) is 0. The van der Waals surface area contributed by atoms with Crippen molar-refractivity contribution in [2.75, 3.05) is 18.8 Å². The molecule has 3 heteroatoms. The molecule has 50 valence electrons. The predicted molar refractivity (Wildman–Crippen MR) is 44.7 cm³/mol. The van der Waals surface area contributed by atoms with E-state index in [0.29, 0.717) is 0 Å². The Kier molecular flexibility index (Phi) is 6.27. The molecule has 0 amide bonds. The minimum atomic E-state index is 0.892. The van der Waals surface area contributed by atoms with Gasteiger partial charge in [-0.15, -0.1) is 0 Å². The van der Waals surface area contributed by atoms with E-state index >= 15 is 0 Å². The van der Waals surface area contributed by atoms with E-state index in [0.717, 1.165) is 25.3 Å². The number of nitrogens with zero attached hydrogens (tertiary/aromatic N) is 1. The third kappa shape index (κ3) is 4.81. The Hall–Kier alpha value is 0.660. The fraction of sp³-hybridized carbons (Fsp3) is 1.00. The van der Waals surface area contributed by atoms with E-state index in [1.165, 1.54) is 0 Å². The molecule has 0 rings (SSSR count). The van der Waals surface area contributed by atoms with Gasteiger partial charge >= 0.3 is 0 Å². The minimum absolute atomic E-state index is 0.892. The molecule has 0 N–H and O–H groups in total. The zero-order valence-corrected chi connectivity index (χ0v) is 6.96. The molecular formula is C5H13NS2. The molecule has 0 saturated heterocycles. The summed E-state index contributed by atoms with van der Waals surface area (Å²) in [7, 11) is 0. The van der Waals surface area contributed by atoms with E-state index in [2.05, 4.69) is 32.4 Å². The molecule has 0 radical (unpaired) electrons. The van der Waals surface area contributed by atoms with Crippen molar-refractivity contribution >= 4 is 25.4 Å². The van der Waals surface area contributed by atoms with Gasteiger partial charge in [0, 0.05) is 18.8 Å². The van der Waals surface area contributed by atoms with Crippen LogP contribution in [0.25, 0.3) is 0 Å². The standard InChI is InChI=1S/C5H13NS2/c1-2-3-6(8)4-5-7/h7-8H,2-5H2,1H3. The van der Waals surface area contributed by atoms with Crippen LogP contribution in [0.1, 0.15) is 13.3 Å². The van der Waals surface area contributed by atoms with E-state index in [-0.39, 0.29) is 0 Å². The summed E-state index contributed by atoms with van der Waals surface area (Å²) in [5.41, 5.74) is 0. The Bertz CT molecular complexity index is 43.7. The molecule has 0 heterocycles. The highest BCUT2D eigenvalue weighted by Crippen LogP contribution is 1.94. The van der Waals surface area contributed by atoms with Gasteiger partial charge in [0.15, 0.2) is 0 Å². The van der Waals surface area contributed by atoms with Gasteiger partial charge in [0.1, 0.15) is 0 Å². The van der Waals surface area contributed by atoms with Gasteiger partial charge in [-0.1, -0.05) is 19.7 Å². The van der Waals surface area contributed by atoms with Gasteiger partial charge in [0.2, 0.25) is 0 Å². The Labute approximate surface area is 62.4 Å². The largest absolute Gasteiger partial charge is 0.252 e. The molecule has 0 bridgehead atoms. The van der Waals surface area contributed by atoms with Crippen LogP contribution in [0, 0.1) is 0 Å². The Balaban J connectivity index is 2.92. The van der Waals surface area contributed by atoms with E-state index in [9.17, 15) is 0 Å². The Morgan fingerprint density at radius 2 is 2.00 bits per heavy atom. The van der Waals surface area contributed by atoms with Crippen LogP contribution in [0.5, 0.6) is 0 Å². The van der Waals surface area contributed by atoms with Gasteiger partial charge in [0.25, 0.3) is 0 Å². The lowest BCUT2D eigenvalue weighted by Gasteiger charge is -2.10. The zero-order valence-electron chi connectivity index (χ0n) is 5.17. The van der Waals surface area contributed by atoms with Crippen molar-refractivity contribution in [2.45, 2.75) is 13.3 Å². The number of thiol groups is 2. The minimum Gasteiger partial charge on any atom is -0.252 e. The molecule has 0 aromatic heterocycles. The molecule has 0 unspecified atom stereocenters. The quantitative estimate of drug-likeness (QED) is 0.576. The van der Waals surface area contributed by atoms with Crippen molar-refractivity contribution in [1.29, 1.82) is 0 Å². The molecule has 8 heavy (non-hydrogen) atoms. The van der Waals surface area contributed by atoms with E-state index < -0.39 is 0 Å². The number of hydrogen-bond donors (Lipinski definition) is 2. The van der Waals surface area contributed by atoms with Gasteiger partial charge in [-0.05, 0) is 6.42 Å². The van der Waals surface area contributed by atoms with Gasteiger partial charge in [-0.25, -0.2) is 0 Å². The number of hydrogen-bond acceptors (Lipinski definition) is 3. The number of rotatable bonds is 4. The predicted octanol–water partition coefficient (Wildman–Crippen LogP) is 1.47. The van der Waals surface area contributed by atoms with Crippen LogP contribution in [-0.4, -0.2) is 23.1 Å². The van der Waals surface area contributed by atoms with Crippen LogP contribution in [0.2, 0.25) is 0 Å². The highest BCUT2D eigenvalue weighted by molar-refractivity contribution is 7.80. The van der Waals surface area contributed by atoms with E-state index in [1.807, 2.05) is 4.31 Å². The van der Waals surface area contributed by atoms with Crippen molar-refractivity contribution < 1.29 is 0 Å². The lowest BCUT2D eigenvalue weighted by atomic mass is 10.5. The van der Waals surface area contributed by atoms with Crippen LogP contribution >= 0.6 is 25.4 Å². The van der Waals surface area contributed by atoms with Crippen LogP contribution in [0.15, 0.2) is 0 Å². The lowest BCUT2D eigenvalue weighted by Crippen LogP contribution is -2.15. The third-order valence-corrected chi connectivity index (χ3v) is 1.44. The summed E-state index contributed by atoms with van der Waals surface area (Å²) in [6.07, 6.45) is 1.16. The first-order valence-corrected chi connectivity index (χ1v) is 3.89. The monoisotopic (exact) mass is 151 g/mol. The molecular weight excluding hydrogens is 138 g/mol. The van der Waals surface area contributed by atoms with Crippen LogP contribution in [-0.2, 0) is 0 Å². The van der Waals surface area contributed by atoms with Crippen molar-refractivity contribution in [3.63, 3.8) is 0 Å². The smallest absolute Gasteiger partial charge is 0.0175 e. The average molecular weight is 151 g/mol. The first kappa shape index (κ1) is 8.66. The van der Waals surface area contributed by atoms with Crippen LogP contribution < -0.4 is 0 Å². The second-order valence-corrected chi connectivity index (χ2v) is 2.69. The van der Waals surface area contributed by atoms with Crippen molar-refractivity contribution in [2.24, 2.45) is 0 Å². The molecule has 0 saturated carbocycles. The summed E-state index contributed by atoms with van der Waals surface area (Å²) in [6.45, 7) is 4.17. The normalized spacial score (nSPS) is 10.5. The molecule has 0 atom stereocenters. The Morgan fingerprint density at radius 3 is 2.38 bits per heavy atom. The van der Waals surface area contributed by atoms with Gasteiger partial charge < -0.3 is 0 Å². The summed E-state index contributed by atoms with van der Waals surface area (Å²) in [5.74, 6) is 0.892. The van der Waals surface area contributed by atoms with E-state index in [4.69, 9.17) is 0 Å². The van der Waals surface area contributed by atoms with Gasteiger partial charge in [-0.2, -0.15) is 12.6 Å². The lowest BCUT2D eigenvalue weighted by molar-refractivity contribution is 0.504. The molecule has 0 aliphatic carbocycles. The Morgan fingerprint density at radius 1 is 1.38 bits per heavy atom. The highest BCUT2D eigenvalue weighted by Gasteiger charge is 1.91. The van der Waals surface area contributed by atoms with Crippen LogP contribution in [0.4, 0.5) is 0 Å². The fourth-order valence-corrected chi connectivity index (χ4v) is 1.18. The maximum atomic E-state index is 4.17. The van der Waals surface area contributed by atoms with E-state index in [1.54, 1.807) is 0 Å². The maximum Gasteiger partial charge on any atom is 0.0175 e. The van der Waals surface area contributed by atoms with Crippen LogP contribution in [0.3, 0.4) is 0 Å². The highest BCUT2D eigenvalue weighted by atomic mass is 32.1. The summed E-state index contributed by atoms with van der Waals surface area (Å²) < 4.78 is 1.98. The first-order valence-electron chi connectivity index (χ1n) is 2.86. The summed E-state index contributed by atoms with van der Waals surface area (Å²) in [5, 5.41) is 0. The maximum absolute atomic E-state index is 4.17. The second-order valence-electron chi connectivity index (χ2n) is 1.68. The summed E-state index contributed by atoms with van der Waals surface area (Å²) in [4.78, 5) is 0.